The van der Waals surface area contributed by atoms with Crippen molar-refractivity contribution in [2.45, 2.75) is 95.6 Å². The van der Waals surface area contributed by atoms with Crippen LogP contribution in [0.1, 0.15) is 58.3 Å². The lowest BCUT2D eigenvalue weighted by Gasteiger charge is -2.56. The third kappa shape index (κ3) is 5.57. The number of thiocarbonyl (C=S) groups is 1. The summed E-state index contributed by atoms with van der Waals surface area (Å²) in [5, 5.41) is 3.14. The van der Waals surface area contributed by atoms with Crippen LogP contribution in [0.25, 0.3) is 0 Å². The van der Waals surface area contributed by atoms with E-state index in [1.165, 1.54) is 14.7 Å². The van der Waals surface area contributed by atoms with Crippen LogP contribution in [0.3, 0.4) is 0 Å². The Morgan fingerprint density at radius 1 is 1.08 bits per heavy atom. The zero-order valence-corrected chi connectivity index (χ0v) is 25.3. The van der Waals surface area contributed by atoms with Crippen molar-refractivity contribution in [3.8, 4) is 0 Å². The molecule has 0 atom stereocenters. The number of rotatable bonds is 9. The lowest BCUT2D eigenvalue weighted by Crippen LogP contribution is -2.65. The average Bonchev–Trinajstić information content (AvgIpc) is 3.06. The van der Waals surface area contributed by atoms with E-state index in [1.54, 1.807) is 0 Å². The van der Waals surface area contributed by atoms with E-state index in [4.69, 9.17) is 28.4 Å². The number of hydrogen-bond acceptors (Lipinski definition) is 8. The molecule has 2 spiro atoms. The Labute approximate surface area is 236 Å². The van der Waals surface area contributed by atoms with Crippen molar-refractivity contribution < 1.29 is 23.9 Å². The lowest BCUT2D eigenvalue weighted by atomic mass is 9.51. The Morgan fingerprint density at radius 3 is 2.28 bits per heavy atom. The molecule has 5 N–H and O–H groups in total. The molecule has 5 amide bonds. The lowest BCUT2D eigenvalue weighted by molar-refractivity contribution is -0.146. The van der Waals surface area contributed by atoms with Gasteiger partial charge in [-0.3, -0.25) is 24.2 Å². The molecular formula is C26H42N6O5SSi. The Hall–Kier alpha value is -2.51. The summed E-state index contributed by atoms with van der Waals surface area (Å²) in [7, 11) is -1.26. The topological polar surface area (TPSA) is 151 Å². The monoisotopic (exact) mass is 578 g/mol. The van der Waals surface area contributed by atoms with Crippen LogP contribution in [0.15, 0.2) is 11.4 Å². The van der Waals surface area contributed by atoms with Crippen LogP contribution >= 0.6 is 12.2 Å². The van der Waals surface area contributed by atoms with Crippen molar-refractivity contribution in [1.29, 1.82) is 0 Å². The maximum absolute atomic E-state index is 13.3. The molecule has 2 saturated carbocycles. The number of hydrogen-bond donors (Lipinski definition) is 3. The quantitative estimate of drug-likeness (QED) is 0.0941. The highest BCUT2D eigenvalue weighted by molar-refractivity contribution is 7.80. The third-order valence-corrected chi connectivity index (χ3v) is 10.7. The molecule has 2 aliphatic heterocycles. The number of ether oxygens (including phenoxy) is 1. The van der Waals surface area contributed by atoms with Crippen molar-refractivity contribution in [2.75, 3.05) is 19.9 Å². The van der Waals surface area contributed by atoms with Gasteiger partial charge in [-0.05, 0) is 68.6 Å². The summed E-state index contributed by atoms with van der Waals surface area (Å²) in [4.78, 5) is 56.2. The van der Waals surface area contributed by atoms with E-state index >= 15 is 0 Å². The number of unbranched alkanes of at least 4 members (excludes halogenated alkanes) is 1. The van der Waals surface area contributed by atoms with Crippen molar-refractivity contribution >= 4 is 49.2 Å². The highest BCUT2D eigenvalue weighted by Crippen LogP contribution is 2.58. The molecule has 4 fully saturated rings. The number of urea groups is 1. The summed E-state index contributed by atoms with van der Waals surface area (Å²) >= 11 is 5.62. The van der Waals surface area contributed by atoms with Crippen LogP contribution in [-0.2, 0) is 19.1 Å². The van der Waals surface area contributed by atoms with E-state index < -0.39 is 31.5 Å². The zero-order chi connectivity index (χ0) is 28.8. The van der Waals surface area contributed by atoms with Crippen LogP contribution in [0.4, 0.5) is 4.79 Å². The number of carbonyl (C=O) groups excluding carboxylic acids is 4. The average molecular weight is 579 g/mol. The van der Waals surface area contributed by atoms with Gasteiger partial charge in [-0.1, -0.05) is 33.0 Å². The van der Waals surface area contributed by atoms with E-state index in [1.807, 2.05) is 6.92 Å². The first-order valence-electron chi connectivity index (χ1n) is 13.9. The highest BCUT2D eigenvalue weighted by Gasteiger charge is 2.65. The third-order valence-electron chi connectivity index (χ3n) is 8.55. The summed E-state index contributed by atoms with van der Waals surface area (Å²) in [6.07, 6.45) is 5.64. The second kappa shape index (κ2) is 10.8. The smallest absolute Gasteiger partial charge is 0.326 e. The minimum atomic E-state index is -1.26. The number of nitrogens with two attached hydrogens (primary N) is 2. The van der Waals surface area contributed by atoms with Crippen LogP contribution in [0.2, 0.25) is 25.7 Å². The van der Waals surface area contributed by atoms with Crippen molar-refractivity contribution in [3.05, 3.63) is 11.4 Å². The first-order valence-corrected chi connectivity index (χ1v) is 18.0. The van der Waals surface area contributed by atoms with Gasteiger partial charge in [-0.25, -0.2) is 9.69 Å². The number of nitrogens with zero attached hydrogens (tertiary/aromatic N) is 3. The molecular weight excluding hydrogens is 536 g/mol. The summed E-state index contributed by atoms with van der Waals surface area (Å²) in [5.41, 5.74) is 10.3. The molecule has 0 radical (unpaired) electrons. The van der Waals surface area contributed by atoms with Crippen LogP contribution in [-0.4, -0.2) is 83.1 Å². The fraction of sp³-hybridized carbons (Fsp3) is 0.731. The van der Waals surface area contributed by atoms with Gasteiger partial charge in [0.1, 0.15) is 23.7 Å². The normalized spacial score (nSPS) is 29.5. The Bertz CT molecular complexity index is 1080. The number of nitrogens with one attached hydrogen (secondary N) is 1. The van der Waals surface area contributed by atoms with Gasteiger partial charge in [0.2, 0.25) is 0 Å². The first-order chi connectivity index (χ1) is 18.2. The molecule has 0 aromatic heterocycles. The van der Waals surface area contributed by atoms with Crippen molar-refractivity contribution in [2.24, 2.45) is 16.9 Å². The van der Waals surface area contributed by atoms with E-state index in [0.717, 1.165) is 31.7 Å². The molecule has 39 heavy (non-hydrogen) atoms. The summed E-state index contributed by atoms with van der Waals surface area (Å²) in [6.45, 7) is 9.68. The molecule has 0 aromatic rings. The molecule has 0 aromatic carbocycles. The highest BCUT2D eigenvalue weighted by atomic mass is 32.1. The van der Waals surface area contributed by atoms with Gasteiger partial charge in [-0.2, -0.15) is 0 Å². The first kappa shape index (κ1) is 29.5. The SMILES string of the molecule is CCCCN1C(=O)C(=C(N)N)C(=O)N(C2CCC3(CC2)CC2(C3)NC(=O)N(COCC[Si](C)(C)C)C2=O)C1=S. The van der Waals surface area contributed by atoms with E-state index in [9.17, 15) is 19.2 Å². The van der Waals surface area contributed by atoms with E-state index in [0.29, 0.717) is 38.8 Å². The van der Waals surface area contributed by atoms with Crippen LogP contribution in [0, 0.1) is 5.41 Å². The van der Waals surface area contributed by atoms with Crippen LogP contribution in [0.5, 0.6) is 0 Å². The summed E-state index contributed by atoms with van der Waals surface area (Å²) < 4.78 is 5.68. The Morgan fingerprint density at radius 2 is 1.72 bits per heavy atom. The predicted molar refractivity (Wildman–Crippen MR) is 152 cm³/mol. The molecule has 216 valence electrons. The second-order valence-corrected chi connectivity index (χ2v) is 18.8. The fourth-order valence-corrected chi connectivity index (χ4v) is 7.52. The molecule has 2 saturated heterocycles. The number of amides is 5. The van der Waals surface area contributed by atoms with Gasteiger partial charge in [0.25, 0.3) is 17.7 Å². The minimum Gasteiger partial charge on any atom is -0.385 e. The Balaban J connectivity index is 1.37. The molecule has 4 aliphatic rings. The van der Waals surface area contributed by atoms with E-state index in [2.05, 4.69) is 25.0 Å². The number of carbonyl (C=O) groups is 4. The van der Waals surface area contributed by atoms with Gasteiger partial charge >= 0.3 is 6.03 Å². The minimum absolute atomic E-state index is 0.0200. The van der Waals surface area contributed by atoms with Crippen molar-refractivity contribution in [1.82, 2.24) is 20.0 Å². The maximum atomic E-state index is 13.3. The number of imide groups is 1. The van der Waals surface area contributed by atoms with Crippen LogP contribution < -0.4 is 16.8 Å². The zero-order valence-electron chi connectivity index (χ0n) is 23.5. The molecule has 2 heterocycles. The van der Waals surface area contributed by atoms with Gasteiger partial charge in [0, 0.05) is 27.3 Å². The molecule has 0 unspecified atom stereocenters. The summed E-state index contributed by atoms with van der Waals surface area (Å²) in [6, 6.07) is 0.384. The van der Waals surface area contributed by atoms with Gasteiger partial charge in [0.15, 0.2) is 5.11 Å². The molecule has 4 rings (SSSR count). The fourth-order valence-electron chi connectivity index (χ4n) is 6.36. The Kier molecular flexibility index (Phi) is 8.17. The largest absolute Gasteiger partial charge is 0.385 e. The van der Waals surface area contributed by atoms with E-state index in [-0.39, 0.29) is 40.6 Å². The molecule has 11 nitrogen and oxygen atoms in total. The van der Waals surface area contributed by atoms with Gasteiger partial charge in [0.05, 0.1) is 0 Å². The maximum Gasteiger partial charge on any atom is 0.326 e. The molecule has 0 bridgehead atoms. The molecule has 2 aliphatic carbocycles. The summed E-state index contributed by atoms with van der Waals surface area (Å²) in [5.74, 6) is -1.57. The second-order valence-electron chi connectivity index (χ2n) is 12.8. The predicted octanol–water partition coefficient (Wildman–Crippen LogP) is 2.20. The van der Waals surface area contributed by atoms with Gasteiger partial charge < -0.3 is 21.5 Å². The van der Waals surface area contributed by atoms with Gasteiger partial charge in [-0.15, -0.1) is 0 Å². The van der Waals surface area contributed by atoms with Crippen molar-refractivity contribution in [3.63, 3.8) is 0 Å². The standard InChI is InChI=1S/C26H42N6O5SSi/c1-5-6-11-30-20(33)18(19(27)28)21(34)32(24(30)38)17-7-9-25(10-8-17)14-26(15-25)22(35)31(23(36)29-26)16-37-12-13-39(2,3)4/h17H,5-16,27-28H2,1-4H3,(H,29,36). The molecule has 13 heteroatoms.